The van der Waals surface area contributed by atoms with E-state index in [1.165, 1.54) is 17.5 Å². The zero-order chi connectivity index (χ0) is 14.9. The first-order valence-corrected chi connectivity index (χ1v) is 10.9. The highest BCUT2D eigenvalue weighted by molar-refractivity contribution is 6.91. The Bertz CT molecular complexity index is 529. The highest BCUT2D eigenvalue weighted by Crippen LogP contribution is 2.34. The SMILES string of the molecule is CCC(C)C1=CC([Si](C)(C)c2cc(C)cc(C)c2)C=C1. The Kier molecular flexibility index (Phi) is 4.39. The lowest BCUT2D eigenvalue weighted by atomic mass is 10.0. The zero-order valence-corrected chi connectivity index (χ0v) is 14.8. The largest absolute Gasteiger partial charge is 0.0912 e. The highest BCUT2D eigenvalue weighted by Gasteiger charge is 2.33. The second-order valence-electron chi connectivity index (χ2n) is 6.96. The Labute approximate surface area is 125 Å². The van der Waals surface area contributed by atoms with Gasteiger partial charge >= 0.3 is 0 Å². The van der Waals surface area contributed by atoms with E-state index in [4.69, 9.17) is 0 Å². The molecule has 2 unspecified atom stereocenters. The molecule has 0 saturated heterocycles. The van der Waals surface area contributed by atoms with Crippen molar-refractivity contribution in [1.82, 2.24) is 0 Å². The van der Waals surface area contributed by atoms with Crippen LogP contribution >= 0.6 is 0 Å². The summed E-state index contributed by atoms with van der Waals surface area (Å²) in [5.41, 5.74) is 4.98. The van der Waals surface area contributed by atoms with Crippen LogP contribution in [0.2, 0.25) is 18.6 Å². The van der Waals surface area contributed by atoms with Crippen LogP contribution in [-0.2, 0) is 0 Å². The molecule has 2 rings (SSSR count). The van der Waals surface area contributed by atoms with Gasteiger partial charge in [0.1, 0.15) is 0 Å². The van der Waals surface area contributed by atoms with Crippen LogP contribution in [0.25, 0.3) is 0 Å². The van der Waals surface area contributed by atoms with Crippen LogP contribution in [0.1, 0.15) is 31.4 Å². The monoisotopic (exact) mass is 284 g/mol. The third-order valence-electron chi connectivity index (χ3n) is 4.85. The molecule has 0 fully saturated rings. The molecule has 0 spiro atoms. The zero-order valence-electron chi connectivity index (χ0n) is 13.8. The van der Waals surface area contributed by atoms with Crippen LogP contribution in [0.3, 0.4) is 0 Å². The number of allylic oxidation sites excluding steroid dienone is 4. The van der Waals surface area contributed by atoms with Crippen molar-refractivity contribution in [3.05, 3.63) is 53.1 Å². The summed E-state index contributed by atoms with van der Waals surface area (Å²) in [6.45, 7) is 14.1. The first kappa shape index (κ1) is 15.3. The Morgan fingerprint density at radius 2 is 1.70 bits per heavy atom. The predicted octanol–water partition coefficient (Wildman–Crippen LogP) is 5.13. The summed E-state index contributed by atoms with van der Waals surface area (Å²) < 4.78 is 0. The quantitative estimate of drug-likeness (QED) is 0.672. The maximum absolute atomic E-state index is 2.54. The first-order valence-electron chi connectivity index (χ1n) is 7.83. The van der Waals surface area contributed by atoms with Gasteiger partial charge in [-0.3, -0.25) is 0 Å². The van der Waals surface area contributed by atoms with Gasteiger partial charge in [0.25, 0.3) is 0 Å². The molecule has 2 atom stereocenters. The summed E-state index contributed by atoms with van der Waals surface area (Å²) in [5, 5.41) is 1.59. The van der Waals surface area contributed by atoms with Gasteiger partial charge in [0.2, 0.25) is 0 Å². The van der Waals surface area contributed by atoms with Crippen LogP contribution in [0.4, 0.5) is 0 Å². The lowest BCUT2D eigenvalue weighted by Gasteiger charge is -2.28. The van der Waals surface area contributed by atoms with Gasteiger partial charge in [0, 0.05) is 0 Å². The number of benzene rings is 1. The van der Waals surface area contributed by atoms with Gasteiger partial charge in [-0.05, 0) is 37.3 Å². The standard InChI is InChI=1S/C19H28Si/c1-7-16(4)17-8-9-18(13-17)20(5,6)19-11-14(2)10-15(3)12-19/h8-13,16,18H,7H2,1-6H3. The third kappa shape index (κ3) is 2.98. The average Bonchev–Trinajstić information content (AvgIpc) is 2.86. The van der Waals surface area contributed by atoms with E-state index < -0.39 is 8.07 Å². The van der Waals surface area contributed by atoms with Crippen LogP contribution < -0.4 is 5.19 Å². The van der Waals surface area contributed by atoms with E-state index in [1.807, 2.05) is 0 Å². The molecule has 1 aromatic rings. The van der Waals surface area contributed by atoms with E-state index in [9.17, 15) is 0 Å². The van der Waals surface area contributed by atoms with Gasteiger partial charge in [-0.15, -0.1) is 0 Å². The summed E-state index contributed by atoms with van der Waals surface area (Å²) in [7, 11) is -1.47. The second-order valence-corrected chi connectivity index (χ2v) is 11.6. The van der Waals surface area contributed by atoms with E-state index in [-0.39, 0.29) is 0 Å². The van der Waals surface area contributed by atoms with Crippen LogP contribution in [-0.4, -0.2) is 8.07 Å². The fourth-order valence-electron chi connectivity index (χ4n) is 3.09. The topological polar surface area (TPSA) is 0 Å². The van der Waals surface area contributed by atoms with Crippen molar-refractivity contribution in [1.29, 1.82) is 0 Å². The van der Waals surface area contributed by atoms with Gasteiger partial charge < -0.3 is 0 Å². The normalized spacial score (nSPS) is 20.1. The fraction of sp³-hybridized carbons (Fsp3) is 0.474. The summed E-state index contributed by atoms with van der Waals surface area (Å²) in [5.74, 6) is 0.695. The Balaban J connectivity index is 2.32. The molecule has 1 aromatic carbocycles. The Morgan fingerprint density at radius 1 is 1.10 bits per heavy atom. The maximum atomic E-state index is 2.54. The molecule has 0 N–H and O–H groups in total. The van der Waals surface area contributed by atoms with E-state index in [2.05, 4.69) is 77.2 Å². The van der Waals surface area contributed by atoms with Crippen molar-refractivity contribution < 1.29 is 0 Å². The van der Waals surface area contributed by atoms with Crippen LogP contribution in [0.15, 0.2) is 42.0 Å². The van der Waals surface area contributed by atoms with Gasteiger partial charge in [-0.25, -0.2) is 0 Å². The molecule has 0 nitrogen and oxygen atoms in total. The summed E-state index contributed by atoms with van der Waals surface area (Å²) >= 11 is 0. The van der Waals surface area contributed by atoms with E-state index in [0.717, 1.165) is 0 Å². The molecule has 0 saturated carbocycles. The summed E-state index contributed by atoms with van der Waals surface area (Å²) in [6.07, 6.45) is 8.59. The van der Waals surface area contributed by atoms with Crippen molar-refractivity contribution >= 4 is 13.3 Å². The fourth-order valence-corrected chi connectivity index (χ4v) is 5.86. The van der Waals surface area contributed by atoms with E-state index in [1.54, 1.807) is 10.8 Å². The molecule has 108 valence electrons. The molecule has 0 aliphatic heterocycles. The number of hydrogen-bond donors (Lipinski definition) is 0. The molecular weight excluding hydrogens is 256 g/mol. The molecule has 0 aromatic heterocycles. The van der Waals surface area contributed by atoms with E-state index in [0.29, 0.717) is 11.5 Å². The first-order chi connectivity index (χ1) is 9.34. The predicted molar refractivity (Wildman–Crippen MR) is 93.5 cm³/mol. The molecule has 0 amide bonds. The molecule has 0 heterocycles. The Hall–Kier alpha value is -1.08. The average molecular weight is 285 g/mol. The molecule has 0 radical (unpaired) electrons. The summed E-state index contributed by atoms with van der Waals surface area (Å²) in [6, 6.07) is 7.09. The van der Waals surface area contributed by atoms with Crippen molar-refractivity contribution in [3.63, 3.8) is 0 Å². The lowest BCUT2D eigenvalue weighted by molar-refractivity contribution is 0.671. The van der Waals surface area contributed by atoms with Crippen molar-refractivity contribution in [2.75, 3.05) is 0 Å². The van der Waals surface area contributed by atoms with Crippen molar-refractivity contribution in [2.24, 2.45) is 5.92 Å². The van der Waals surface area contributed by atoms with Crippen molar-refractivity contribution in [2.45, 2.75) is 52.8 Å². The number of aryl methyl sites for hydroxylation is 2. The second kappa shape index (κ2) is 5.73. The number of hydrogen-bond acceptors (Lipinski definition) is 0. The van der Waals surface area contributed by atoms with Gasteiger partial charge in [0.15, 0.2) is 0 Å². The molecule has 0 bridgehead atoms. The van der Waals surface area contributed by atoms with Crippen LogP contribution in [0.5, 0.6) is 0 Å². The van der Waals surface area contributed by atoms with Crippen LogP contribution in [0, 0.1) is 19.8 Å². The minimum atomic E-state index is -1.47. The molecular formula is C19H28Si. The smallest absolute Gasteiger partial charge is 0.0797 e. The number of rotatable bonds is 4. The van der Waals surface area contributed by atoms with Gasteiger partial charge in [-0.1, -0.05) is 79.7 Å². The summed E-state index contributed by atoms with van der Waals surface area (Å²) in [4.78, 5) is 0. The minimum absolute atomic E-state index is 0.646. The molecule has 1 heteroatoms. The molecule has 20 heavy (non-hydrogen) atoms. The van der Waals surface area contributed by atoms with Gasteiger partial charge in [-0.2, -0.15) is 0 Å². The Morgan fingerprint density at radius 3 is 2.25 bits per heavy atom. The van der Waals surface area contributed by atoms with E-state index >= 15 is 0 Å². The molecule has 1 aliphatic rings. The molecule has 1 aliphatic carbocycles. The highest BCUT2D eigenvalue weighted by atomic mass is 28.3. The minimum Gasteiger partial charge on any atom is -0.0797 e. The lowest BCUT2D eigenvalue weighted by Crippen LogP contribution is -2.44. The van der Waals surface area contributed by atoms with Gasteiger partial charge in [0.05, 0.1) is 8.07 Å². The third-order valence-corrected chi connectivity index (χ3v) is 8.65. The van der Waals surface area contributed by atoms with Crippen molar-refractivity contribution in [3.8, 4) is 0 Å². The maximum Gasteiger partial charge on any atom is 0.0912 e.